The predicted octanol–water partition coefficient (Wildman–Crippen LogP) is 0.453. The van der Waals surface area contributed by atoms with Gasteiger partial charge in [0.1, 0.15) is 18.1 Å². The Hall–Kier alpha value is -3.47. The van der Waals surface area contributed by atoms with Gasteiger partial charge in [-0.2, -0.15) is 0 Å². The number of carboxylic acids is 1. The Morgan fingerprint density at radius 3 is 2.00 bits per heavy atom. The standard InChI is InChI=1S/C26H41N5O6/c1-5-16(4)22(25(35)30-20(26(36)37)14-17-9-7-6-8-10-17)31-24(34)19(13-15(2)3)29-23(33)18(27)11-12-21(28)32/h6-10,15-16,18-20,22H,5,11-14,27H2,1-4H3,(H2,28,32)(H,29,33)(H,30,35)(H,31,34)(H,36,37). The molecular formula is C26H41N5O6. The van der Waals surface area contributed by atoms with Gasteiger partial charge in [0.2, 0.25) is 23.6 Å². The van der Waals surface area contributed by atoms with Gasteiger partial charge in [-0.1, -0.05) is 64.4 Å². The molecule has 1 aromatic rings. The number of nitrogens with one attached hydrogen (secondary N) is 3. The van der Waals surface area contributed by atoms with Gasteiger partial charge < -0.3 is 32.5 Å². The quantitative estimate of drug-likeness (QED) is 0.182. The van der Waals surface area contributed by atoms with Crippen molar-refractivity contribution in [1.29, 1.82) is 0 Å². The minimum Gasteiger partial charge on any atom is -0.480 e. The van der Waals surface area contributed by atoms with E-state index in [4.69, 9.17) is 11.5 Å². The summed E-state index contributed by atoms with van der Waals surface area (Å²) < 4.78 is 0. The van der Waals surface area contributed by atoms with Crippen LogP contribution in [-0.4, -0.2) is 58.9 Å². The van der Waals surface area contributed by atoms with Gasteiger partial charge >= 0.3 is 5.97 Å². The van der Waals surface area contributed by atoms with E-state index in [1.807, 2.05) is 26.8 Å². The van der Waals surface area contributed by atoms with Crippen LogP contribution in [0.2, 0.25) is 0 Å². The normalized spacial score (nSPS) is 15.1. The van der Waals surface area contributed by atoms with Gasteiger partial charge in [0, 0.05) is 12.8 Å². The fourth-order valence-corrected chi connectivity index (χ4v) is 3.68. The number of carbonyl (C=O) groups is 5. The van der Waals surface area contributed by atoms with Crippen molar-refractivity contribution in [3.05, 3.63) is 35.9 Å². The molecule has 0 heterocycles. The summed E-state index contributed by atoms with van der Waals surface area (Å²) in [7, 11) is 0. The molecule has 0 spiro atoms. The number of hydrogen-bond donors (Lipinski definition) is 6. The minimum absolute atomic E-state index is 0.0241. The van der Waals surface area contributed by atoms with Crippen molar-refractivity contribution in [2.24, 2.45) is 23.3 Å². The van der Waals surface area contributed by atoms with Gasteiger partial charge in [0.15, 0.2) is 0 Å². The summed E-state index contributed by atoms with van der Waals surface area (Å²) in [6.07, 6.45) is 0.861. The van der Waals surface area contributed by atoms with E-state index in [1.54, 1.807) is 31.2 Å². The molecular weight excluding hydrogens is 478 g/mol. The van der Waals surface area contributed by atoms with E-state index in [-0.39, 0.29) is 37.5 Å². The zero-order valence-corrected chi connectivity index (χ0v) is 22.0. The van der Waals surface area contributed by atoms with E-state index in [2.05, 4.69) is 16.0 Å². The average Bonchev–Trinajstić information content (AvgIpc) is 2.84. The lowest BCUT2D eigenvalue weighted by molar-refractivity contribution is -0.142. The number of nitrogens with two attached hydrogens (primary N) is 2. The summed E-state index contributed by atoms with van der Waals surface area (Å²) >= 11 is 0. The SMILES string of the molecule is CCC(C)C(NC(=O)C(CC(C)C)NC(=O)C(N)CCC(N)=O)C(=O)NC(Cc1ccccc1)C(=O)O. The number of hydrogen-bond acceptors (Lipinski definition) is 6. The summed E-state index contributed by atoms with van der Waals surface area (Å²) in [4.78, 5) is 61.8. The Morgan fingerprint density at radius 1 is 0.892 bits per heavy atom. The van der Waals surface area contributed by atoms with Gasteiger partial charge in [-0.15, -0.1) is 0 Å². The zero-order valence-electron chi connectivity index (χ0n) is 22.0. The van der Waals surface area contributed by atoms with E-state index in [0.29, 0.717) is 6.42 Å². The Morgan fingerprint density at radius 2 is 1.49 bits per heavy atom. The Bertz CT molecular complexity index is 923. The molecule has 37 heavy (non-hydrogen) atoms. The first-order valence-electron chi connectivity index (χ1n) is 12.6. The molecule has 11 nitrogen and oxygen atoms in total. The second kappa shape index (κ2) is 15.6. The number of aliphatic carboxylic acids is 1. The van der Waals surface area contributed by atoms with E-state index in [9.17, 15) is 29.1 Å². The third-order valence-corrected chi connectivity index (χ3v) is 6.07. The molecule has 0 radical (unpaired) electrons. The smallest absolute Gasteiger partial charge is 0.326 e. The van der Waals surface area contributed by atoms with Crippen LogP contribution in [-0.2, 0) is 30.4 Å². The molecule has 0 aliphatic carbocycles. The lowest BCUT2D eigenvalue weighted by Gasteiger charge is -2.28. The molecule has 8 N–H and O–H groups in total. The molecule has 4 amide bonds. The third kappa shape index (κ3) is 11.4. The molecule has 0 aliphatic rings. The summed E-state index contributed by atoms with van der Waals surface area (Å²) in [5.74, 6) is -3.89. The molecule has 1 rings (SSSR count). The largest absolute Gasteiger partial charge is 0.480 e. The average molecular weight is 520 g/mol. The molecule has 0 aromatic heterocycles. The number of carboxylic acid groups (broad SMARTS) is 1. The number of rotatable bonds is 16. The van der Waals surface area contributed by atoms with Crippen molar-refractivity contribution >= 4 is 29.6 Å². The minimum atomic E-state index is -1.19. The molecule has 5 unspecified atom stereocenters. The summed E-state index contributed by atoms with van der Waals surface area (Å²) in [5.41, 5.74) is 11.7. The van der Waals surface area contributed by atoms with Crippen molar-refractivity contribution in [2.45, 2.75) is 84.0 Å². The predicted molar refractivity (Wildman–Crippen MR) is 139 cm³/mol. The highest BCUT2D eigenvalue weighted by Gasteiger charge is 2.33. The van der Waals surface area contributed by atoms with E-state index >= 15 is 0 Å². The van der Waals surface area contributed by atoms with Crippen molar-refractivity contribution in [3.8, 4) is 0 Å². The molecule has 0 aliphatic heterocycles. The number of primary amides is 1. The number of amides is 4. The first-order valence-corrected chi connectivity index (χ1v) is 12.6. The molecule has 5 atom stereocenters. The molecule has 1 aromatic carbocycles. The Balaban J connectivity index is 3.00. The maximum atomic E-state index is 13.2. The van der Waals surface area contributed by atoms with Gasteiger partial charge in [0.25, 0.3) is 0 Å². The Kier molecular flexibility index (Phi) is 13.3. The highest BCUT2D eigenvalue weighted by atomic mass is 16.4. The van der Waals surface area contributed by atoms with E-state index in [1.165, 1.54) is 0 Å². The second-order valence-corrected chi connectivity index (χ2v) is 9.76. The zero-order chi connectivity index (χ0) is 28.1. The fourth-order valence-electron chi connectivity index (χ4n) is 3.68. The van der Waals surface area contributed by atoms with Crippen LogP contribution in [0.15, 0.2) is 30.3 Å². The lowest BCUT2D eigenvalue weighted by Crippen LogP contribution is -2.59. The van der Waals surface area contributed by atoms with Crippen LogP contribution >= 0.6 is 0 Å². The van der Waals surface area contributed by atoms with Gasteiger partial charge in [-0.25, -0.2) is 4.79 Å². The first-order chi connectivity index (χ1) is 17.3. The van der Waals surface area contributed by atoms with Crippen LogP contribution < -0.4 is 27.4 Å². The van der Waals surface area contributed by atoms with Crippen LogP contribution in [0, 0.1) is 11.8 Å². The van der Waals surface area contributed by atoms with Gasteiger partial charge in [-0.3, -0.25) is 19.2 Å². The monoisotopic (exact) mass is 519 g/mol. The maximum Gasteiger partial charge on any atom is 0.326 e. The molecule has 0 saturated carbocycles. The summed E-state index contributed by atoms with van der Waals surface area (Å²) in [5, 5.41) is 17.5. The van der Waals surface area contributed by atoms with Crippen LogP contribution in [0.4, 0.5) is 0 Å². The summed E-state index contributed by atoms with van der Waals surface area (Å²) in [6.45, 7) is 7.37. The topological polar surface area (TPSA) is 194 Å². The molecule has 11 heteroatoms. The third-order valence-electron chi connectivity index (χ3n) is 6.07. The van der Waals surface area contributed by atoms with Crippen LogP contribution in [0.5, 0.6) is 0 Å². The molecule has 0 saturated heterocycles. The van der Waals surface area contributed by atoms with Crippen LogP contribution in [0.1, 0.15) is 58.9 Å². The highest BCUT2D eigenvalue weighted by Crippen LogP contribution is 2.12. The van der Waals surface area contributed by atoms with Crippen molar-refractivity contribution in [3.63, 3.8) is 0 Å². The van der Waals surface area contributed by atoms with Crippen molar-refractivity contribution in [1.82, 2.24) is 16.0 Å². The second-order valence-electron chi connectivity index (χ2n) is 9.76. The van der Waals surface area contributed by atoms with Gasteiger partial charge in [-0.05, 0) is 30.2 Å². The first kappa shape index (κ1) is 31.6. The highest BCUT2D eigenvalue weighted by molar-refractivity contribution is 5.94. The van der Waals surface area contributed by atoms with E-state index < -0.39 is 53.8 Å². The van der Waals surface area contributed by atoms with Gasteiger partial charge in [0.05, 0.1) is 6.04 Å². The molecule has 0 bridgehead atoms. The Labute approximate surface area is 218 Å². The van der Waals surface area contributed by atoms with Crippen molar-refractivity contribution < 1.29 is 29.1 Å². The van der Waals surface area contributed by atoms with Crippen LogP contribution in [0.25, 0.3) is 0 Å². The summed E-state index contributed by atoms with van der Waals surface area (Å²) in [6, 6.07) is 4.68. The van der Waals surface area contributed by atoms with E-state index in [0.717, 1.165) is 5.56 Å². The fraction of sp³-hybridized carbons (Fsp3) is 0.577. The number of benzene rings is 1. The maximum absolute atomic E-state index is 13.2. The molecule has 0 fully saturated rings. The molecule has 206 valence electrons. The van der Waals surface area contributed by atoms with Crippen LogP contribution in [0.3, 0.4) is 0 Å². The number of carbonyl (C=O) groups excluding carboxylic acids is 4. The van der Waals surface area contributed by atoms with Crippen molar-refractivity contribution in [2.75, 3.05) is 0 Å². The lowest BCUT2D eigenvalue weighted by atomic mass is 9.96.